The fraction of sp³-hybridized carbons (Fsp3) is 0.500. The Balaban J connectivity index is 2.38. The van der Waals surface area contributed by atoms with Crippen molar-refractivity contribution >= 4 is 43.2 Å². The third-order valence-corrected chi connectivity index (χ3v) is 3.75. The summed E-state index contributed by atoms with van der Waals surface area (Å²) in [6, 6.07) is 0. The van der Waals surface area contributed by atoms with Gasteiger partial charge in [0.2, 0.25) is 0 Å². The van der Waals surface area contributed by atoms with E-state index in [1.54, 1.807) is 11.3 Å². The molecule has 0 radical (unpaired) electrons. The topological polar surface area (TPSA) is 12.9 Å². The highest BCUT2D eigenvalue weighted by atomic mass is 79.9. The molecule has 1 heterocycles. The summed E-state index contributed by atoms with van der Waals surface area (Å²) in [5.74, 6) is 0.747. The second-order valence-corrected chi connectivity index (χ2v) is 5.99. The summed E-state index contributed by atoms with van der Waals surface area (Å²) in [7, 11) is 0. The number of nitrogens with zero attached hydrogens (tertiary/aromatic N) is 1. The molecule has 4 heteroatoms. The van der Waals surface area contributed by atoms with Gasteiger partial charge in [0.15, 0.2) is 3.92 Å². The number of rotatable bonds is 1. The van der Waals surface area contributed by atoms with Crippen molar-refractivity contribution in [2.75, 3.05) is 0 Å². The average molecular weight is 283 g/mol. The molecule has 0 bridgehead atoms. The molecule has 0 amide bonds. The lowest BCUT2D eigenvalue weighted by Gasteiger charge is -1.86. The van der Waals surface area contributed by atoms with Gasteiger partial charge >= 0.3 is 0 Å². The van der Waals surface area contributed by atoms with Gasteiger partial charge in [-0.1, -0.05) is 11.3 Å². The molecule has 0 unspecified atom stereocenters. The molecule has 1 aromatic heterocycles. The van der Waals surface area contributed by atoms with Crippen LogP contribution in [0.25, 0.3) is 0 Å². The minimum absolute atomic E-state index is 0.747. The molecular formula is C6H5Br2NS. The number of aromatic nitrogens is 1. The van der Waals surface area contributed by atoms with Gasteiger partial charge in [-0.25, -0.2) is 4.98 Å². The molecule has 0 aliphatic heterocycles. The normalized spacial score (nSPS) is 17.8. The Kier molecular flexibility index (Phi) is 1.86. The first kappa shape index (κ1) is 7.25. The molecule has 10 heavy (non-hydrogen) atoms. The van der Waals surface area contributed by atoms with E-state index in [0.717, 1.165) is 9.83 Å². The zero-order valence-corrected chi connectivity index (χ0v) is 9.09. The second kappa shape index (κ2) is 2.57. The Morgan fingerprint density at radius 3 is 2.50 bits per heavy atom. The van der Waals surface area contributed by atoms with Crippen LogP contribution >= 0.6 is 43.2 Å². The third-order valence-electron chi connectivity index (χ3n) is 1.55. The maximum Gasteiger partial charge on any atom is 0.160 e. The van der Waals surface area contributed by atoms with Crippen LogP contribution in [0.3, 0.4) is 0 Å². The van der Waals surface area contributed by atoms with Gasteiger partial charge < -0.3 is 0 Å². The quantitative estimate of drug-likeness (QED) is 0.768. The van der Waals surface area contributed by atoms with Crippen molar-refractivity contribution in [2.45, 2.75) is 18.8 Å². The van der Waals surface area contributed by atoms with Crippen LogP contribution in [-0.4, -0.2) is 4.98 Å². The van der Waals surface area contributed by atoms with Gasteiger partial charge in [-0.3, -0.25) is 0 Å². The van der Waals surface area contributed by atoms with E-state index in [2.05, 4.69) is 36.8 Å². The maximum atomic E-state index is 4.36. The molecule has 1 nitrogen and oxygen atoms in total. The molecule has 1 aromatic rings. The van der Waals surface area contributed by atoms with Gasteiger partial charge in [0, 0.05) is 5.92 Å². The zero-order valence-electron chi connectivity index (χ0n) is 5.10. The van der Waals surface area contributed by atoms with Crippen LogP contribution in [0, 0.1) is 0 Å². The Labute approximate surface area is 80.1 Å². The van der Waals surface area contributed by atoms with E-state index >= 15 is 0 Å². The summed E-state index contributed by atoms with van der Waals surface area (Å²) in [5, 5.41) is 0. The number of halogens is 2. The molecule has 1 fully saturated rings. The lowest BCUT2D eigenvalue weighted by Crippen LogP contribution is -1.77. The van der Waals surface area contributed by atoms with E-state index in [0.29, 0.717) is 0 Å². The van der Waals surface area contributed by atoms with Crippen LogP contribution in [0.5, 0.6) is 0 Å². The van der Waals surface area contributed by atoms with Gasteiger partial charge in [-0.05, 0) is 44.7 Å². The molecule has 0 saturated heterocycles. The van der Waals surface area contributed by atoms with Crippen molar-refractivity contribution in [2.24, 2.45) is 0 Å². The standard InChI is InChI=1S/C6H5Br2NS/c7-5-4(3-1-2-3)9-6(8)10-5/h3H,1-2H2. The molecule has 2 rings (SSSR count). The molecule has 0 atom stereocenters. The summed E-state index contributed by atoms with van der Waals surface area (Å²) >= 11 is 8.50. The van der Waals surface area contributed by atoms with Crippen molar-refractivity contribution < 1.29 is 0 Å². The number of hydrogen-bond donors (Lipinski definition) is 0. The van der Waals surface area contributed by atoms with Crippen LogP contribution in [0.1, 0.15) is 24.5 Å². The smallest absolute Gasteiger partial charge is 0.160 e. The molecule has 0 N–H and O–H groups in total. The lowest BCUT2D eigenvalue weighted by atomic mass is 10.3. The number of thiazole rings is 1. The minimum atomic E-state index is 0.747. The largest absolute Gasteiger partial charge is 0.233 e. The third kappa shape index (κ3) is 1.29. The highest BCUT2D eigenvalue weighted by molar-refractivity contribution is 9.12. The molecular weight excluding hydrogens is 278 g/mol. The Morgan fingerprint density at radius 2 is 2.10 bits per heavy atom. The van der Waals surface area contributed by atoms with E-state index in [4.69, 9.17) is 0 Å². The molecule has 0 spiro atoms. The Morgan fingerprint density at radius 1 is 1.40 bits per heavy atom. The predicted octanol–water partition coefficient (Wildman–Crippen LogP) is 3.55. The predicted molar refractivity (Wildman–Crippen MR) is 49.5 cm³/mol. The molecule has 1 saturated carbocycles. The highest BCUT2D eigenvalue weighted by Crippen LogP contribution is 2.45. The van der Waals surface area contributed by atoms with E-state index in [9.17, 15) is 0 Å². The van der Waals surface area contributed by atoms with Gasteiger partial charge in [-0.2, -0.15) is 0 Å². The highest BCUT2D eigenvalue weighted by Gasteiger charge is 2.28. The van der Waals surface area contributed by atoms with Gasteiger partial charge in [0.05, 0.1) is 9.48 Å². The first-order valence-corrected chi connectivity index (χ1v) is 5.49. The monoisotopic (exact) mass is 281 g/mol. The summed E-state index contributed by atoms with van der Waals surface area (Å²) in [4.78, 5) is 4.36. The molecule has 54 valence electrons. The van der Waals surface area contributed by atoms with Gasteiger partial charge in [-0.15, -0.1) is 0 Å². The zero-order chi connectivity index (χ0) is 7.14. The van der Waals surface area contributed by atoms with Crippen LogP contribution in [0.15, 0.2) is 7.70 Å². The van der Waals surface area contributed by atoms with Crippen LogP contribution in [0.4, 0.5) is 0 Å². The molecule has 1 aliphatic rings. The first-order valence-electron chi connectivity index (χ1n) is 3.09. The van der Waals surface area contributed by atoms with Crippen LogP contribution < -0.4 is 0 Å². The van der Waals surface area contributed by atoms with E-state index in [-0.39, 0.29) is 0 Å². The fourth-order valence-electron chi connectivity index (χ4n) is 0.896. The summed E-state index contributed by atoms with van der Waals surface area (Å²) < 4.78 is 2.18. The molecule has 0 aromatic carbocycles. The average Bonchev–Trinajstić information content (AvgIpc) is 2.61. The van der Waals surface area contributed by atoms with Crippen LogP contribution in [-0.2, 0) is 0 Å². The summed E-state index contributed by atoms with van der Waals surface area (Å²) in [6.45, 7) is 0. The summed E-state index contributed by atoms with van der Waals surface area (Å²) in [5.41, 5.74) is 1.25. The van der Waals surface area contributed by atoms with Crippen molar-refractivity contribution in [3.8, 4) is 0 Å². The van der Waals surface area contributed by atoms with Gasteiger partial charge in [0.25, 0.3) is 0 Å². The van der Waals surface area contributed by atoms with Gasteiger partial charge in [0.1, 0.15) is 0 Å². The second-order valence-electron chi connectivity index (χ2n) is 2.40. The van der Waals surface area contributed by atoms with Crippen molar-refractivity contribution in [1.82, 2.24) is 4.98 Å². The van der Waals surface area contributed by atoms with E-state index < -0.39 is 0 Å². The molecule has 1 aliphatic carbocycles. The Bertz CT molecular complexity index is 254. The van der Waals surface area contributed by atoms with Crippen molar-refractivity contribution in [3.05, 3.63) is 13.4 Å². The number of hydrogen-bond acceptors (Lipinski definition) is 2. The van der Waals surface area contributed by atoms with E-state index in [1.165, 1.54) is 22.3 Å². The SMILES string of the molecule is Brc1nc(C2CC2)c(Br)s1. The Hall–Kier alpha value is 0.590. The summed E-state index contributed by atoms with van der Waals surface area (Å²) in [6.07, 6.45) is 2.63. The first-order chi connectivity index (χ1) is 4.77. The van der Waals surface area contributed by atoms with Crippen LogP contribution in [0.2, 0.25) is 0 Å². The van der Waals surface area contributed by atoms with E-state index in [1.807, 2.05) is 0 Å². The fourth-order valence-corrected chi connectivity index (χ4v) is 3.71. The maximum absolute atomic E-state index is 4.36. The minimum Gasteiger partial charge on any atom is -0.233 e. The van der Waals surface area contributed by atoms with Crippen molar-refractivity contribution in [3.63, 3.8) is 0 Å². The van der Waals surface area contributed by atoms with Crippen molar-refractivity contribution in [1.29, 1.82) is 0 Å². The lowest BCUT2D eigenvalue weighted by molar-refractivity contribution is 1.03.